The van der Waals surface area contributed by atoms with Crippen molar-refractivity contribution in [3.63, 3.8) is 0 Å². The van der Waals surface area contributed by atoms with Crippen LogP contribution in [0, 0.1) is 0 Å². The Kier molecular flexibility index (Phi) is 3.89. The van der Waals surface area contributed by atoms with E-state index in [2.05, 4.69) is 15.5 Å². The first kappa shape index (κ1) is 14.3. The smallest absolute Gasteiger partial charge is 0.321 e. The van der Waals surface area contributed by atoms with Gasteiger partial charge in [0.2, 0.25) is 0 Å². The summed E-state index contributed by atoms with van der Waals surface area (Å²) in [4.78, 5) is 11.7. The number of aromatic nitrogens is 2. The van der Waals surface area contributed by atoms with Crippen LogP contribution >= 0.6 is 11.6 Å². The molecule has 0 saturated heterocycles. The number of benzene rings is 1. The van der Waals surface area contributed by atoms with Gasteiger partial charge in [0.05, 0.1) is 10.6 Å². The van der Waals surface area contributed by atoms with E-state index in [0.29, 0.717) is 0 Å². The van der Waals surface area contributed by atoms with Crippen molar-refractivity contribution in [2.75, 3.05) is 5.32 Å². The number of hydrogen-bond donors (Lipinski definition) is 1. The standard InChI is InChI=1S/C12H7ClF3N3O/c13-9-4-3-7(6-8(9)12(14,15)16)18-11(20)10-2-1-5-17-19-10/h1-6H,(H,18,20). The molecule has 0 aliphatic heterocycles. The van der Waals surface area contributed by atoms with Crippen molar-refractivity contribution in [1.82, 2.24) is 10.2 Å². The lowest BCUT2D eigenvalue weighted by atomic mass is 10.2. The maximum atomic E-state index is 12.7. The van der Waals surface area contributed by atoms with Crippen LogP contribution in [0.1, 0.15) is 16.1 Å². The lowest BCUT2D eigenvalue weighted by Gasteiger charge is -2.11. The number of carbonyl (C=O) groups excluding carboxylic acids is 1. The zero-order chi connectivity index (χ0) is 14.8. The highest BCUT2D eigenvalue weighted by atomic mass is 35.5. The SMILES string of the molecule is O=C(Nc1ccc(Cl)c(C(F)(F)F)c1)c1cccnn1. The summed E-state index contributed by atoms with van der Waals surface area (Å²) in [5, 5.41) is 8.92. The van der Waals surface area contributed by atoms with Gasteiger partial charge in [0, 0.05) is 11.9 Å². The highest BCUT2D eigenvalue weighted by molar-refractivity contribution is 6.31. The van der Waals surface area contributed by atoms with Gasteiger partial charge in [-0.25, -0.2) is 0 Å². The number of carbonyl (C=O) groups is 1. The number of hydrogen-bond acceptors (Lipinski definition) is 3. The Morgan fingerprint density at radius 2 is 2.00 bits per heavy atom. The molecule has 0 aliphatic carbocycles. The normalized spacial score (nSPS) is 11.2. The Morgan fingerprint density at radius 1 is 1.25 bits per heavy atom. The third-order valence-corrected chi connectivity index (χ3v) is 2.66. The van der Waals surface area contributed by atoms with Crippen LogP contribution in [0.15, 0.2) is 36.5 Å². The van der Waals surface area contributed by atoms with Crippen molar-refractivity contribution in [2.45, 2.75) is 6.18 Å². The molecule has 1 heterocycles. The molecule has 0 bridgehead atoms. The molecule has 0 unspecified atom stereocenters. The zero-order valence-electron chi connectivity index (χ0n) is 9.78. The molecule has 0 spiro atoms. The minimum Gasteiger partial charge on any atom is -0.321 e. The molecule has 0 fully saturated rings. The number of amides is 1. The summed E-state index contributed by atoms with van der Waals surface area (Å²) in [5.74, 6) is -0.659. The lowest BCUT2D eigenvalue weighted by molar-refractivity contribution is -0.137. The first-order chi connectivity index (χ1) is 9.38. The second-order valence-corrected chi connectivity index (χ2v) is 4.16. The average molecular weight is 302 g/mol. The Hall–Kier alpha value is -2.15. The lowest BCUT2D eigenvalue weighted by Crippen LogP contribution is -2.15. The summed E-state index contributed by atoms with van der Waals surface area (Å²) in [7, 11) is 0. The van der Waals surface area contributed by atoms with Gasteiger partial charge in [0.1, 0.15) is 0 Å². The average Bonchev–Trinajstić information content (AvgIpc) is 2.40. The monoisotopic (exact) mass is 301 g/mol. The summed E-state index contributed by atoms with van der Waals surface area (Å²) in [5.41, 5.74) is -1.05. The number of nitrogens with one attached hydrogen (secondary N) is 1. The summed E-state index contributed by atoms with van der Waals surface area (Å²) >= 11 is 5.48. The van der Waals surface area contributed by atoms with E-state index in [1.54, 1.807) is 0 Å². The second-order valence-electron chi connectivity index (χ2n) is 3.76. The number of rotatable bonds is 2. The Bertz CT molecular complexity index is 632. The van der Waals surface area contributed by atoms with E-state index in [1.807, 2.05) is 0 Å². The summed E-state index contributed by atoms with van der Waals surface area (Å²) in [6.07, 6.45) is -3.22. The molecule has 0 saturated carbocycles. The molecule has 1 aromatic heterocycles. The minimum absolute atomic E-state index is 0.00370. The first-order valence-corrected chi connectivity index (χ1v) is 5.71. The van der Waals surface area contributed by atoms with Crippen LogP contribution in [-0.4, -0.2) is 16.1 Å². The highest BCUT2D eigenvalue weighted by Gasteiger charge is 2.33. The Balaban J connectivity index is 2.25. The number of anilines is 1. The minimum atomic E-state index is -4.59. The van der Waals surface area contributed by atoms with E-state index in [1.165, 1.54) is 24.4 Å². The van der Waals surface area contributed by atoms with E-state index < -0.39 is 22.7 Å². The summed E-state index contributed by atoms with van der Waals surface area (Å²) < 4.78 is 38.0. The van der Waals surface area contributed by atoms with E-state index in [-0.39, 0.29) is 11.4 Å². The fourth-order valence-corrected chi connectivity index (χ4v) is 1.66. The van der Waals surface area contributed by atoms with Crippen LogP contribution in [-0.2, 0) is 6.18 Å². The van der Waals surface area contributed by atoms with Crippen LogP contribution < -0.4 is 5.32 Å². The third-order valence-electron chi connectivity index (χ3n) is 2.33. The van der Waals surface area contributed by atoms with Crippen molar-refractivity contribution in [3.05, 3.63) is 52.8 Å². The first-order valence-electron chi connectivity index (χ1n) is 5.34. The Morgan fingerprint density at radius 3 is 2.60 bits per heavy atom. The maximum absolute atomic E-state index is 12.7. The van der Waals surface area contributed by atoms with Gasteiger partial charge in [-0.05, 0) is 30.3 Å². The van der Waals surface area contributed by atoms with E-state index in [4.69, 9.17) is 11.6 Å². The molecular weight excluding hydrogens is 295 g/mol. The Labute approximate surface area is 116 Å². The molecule has 2 rings (SSSR count). The fraction of sp³-hybridized carbons (Fsp3) is 0.0833. The van der Waals surface area contributed by atoms with Crippen molar-refractivity contribution in [3.8, 4) is 0 Å². The summed E-state index contributed by atoms with van der Waals surface area (Å²) in [6, 6.07) is 5.98. The van der Waals surface area contributed by atoms with Crippen LogP contribution in [0.2, 0.25) is 5.02 Å². The van der Waals surface area contributed by atoms with Gasteiger partial charge in [-0.2, -0.15) is 18.3 Å². The van der Waals surface area contributed by atoms with Gasteiger partial charge in [-0.1, -0.05) is 11.6 Å². The maximum Gasteiger partial charge on any atom is 0.417 e. The van der Waals surface area contributed by atoms with Gasteiger partial charge in [0.25, 0.3) is 5.91 Å². The molecule has 2 aromatic rings. The fourth-order valence-electron chi connectivity index (χ4n) is 1.44. The molecule has 1 amide bonds. The third kappa shape index (κ3) is 3.24. The largest absolute Gasteiger partial charge is 0.417 e. The van der Waals surface area contributed by atoms with Gasteiger partial charge in [-0.15, -0.1) is 5.10 Å². The number of alkyl halides is 3. The van der Waals surface area contributed by atoms with Crippen LogP contribution in [0.25, 0.3) is 0 Å². The molecule has 104 valence electrons. The van der Waals surface area contributed by atoms with E-state index in [0.717, 1.165) is 12.1 Å². The van der Waals surface area contributed by atoms with Crippen LogP contribution in [0.4, 0.5) is 18.9 Å². The molecule has 0 aliphatic rings. The van der Waals surface area contributed by atoms with Gasteiger partial charge >= 0.3 is 6.18 Å². The van der Waals surface area contributed by atoms with Crippen LogP contribution in [0.3, 0.4) is 0 Å². The van der Waals surface area contributed by atoms with Gasteiger partial charge in [0.15, 0.2) is 5.69 Å². The molecule has 0 atom stereocenters. The molecule has 1 aromatic carbocycles. The zero-order valence-corrected chi connectivity index (χ0v) is 10.5. The van der Waals surface area contributed by atoms with Crippen molar-refractivity contribution in [2.24, 2.45) is 0 Å². The van der Waals surface area contributed by atoms with Crippen LogP contribution in [0.5, 0.6) is 0 Å². The topological polar surface area (TPSA) is 54.9 Å². The second kappa shape index (κ2) is 5.46. The van der Waals surface area contributed by atoms with E-state index in [9.17, 15) is 18.0 Å². The molecule has 1 N–H and O–H groups in total. The van der Waals surface area contributed by atoms with Gasteiger partial charge in [-0.3, -0.25) is 4.79 Å². The number of nitrogens with zero attached hydrogens (tertiary/aromatic N) is 2. The molecular formula is C12H7ClF3N3O. The quantitative estimate of drug-likeness (QED) is 0.925. The highest BCUT2D eigenvalue weighted by Crippen LogP contribution is 2.36. The van der Waals surface area contributed by atoms with Crippen molar-refractivity contribution < 1.29 is 18.0 Å². The number of halogens is 4. The van der Waals surface area contributed by atoms with Crippen molar-refractivity contribution in [1.29, 1.82) is 0 Å². The van der Waals surface area contributed by atoms with Gasteiger partial charge < -0.3 is 5.32 Å². The molecule has 20 heavy (non-hydrogen) atoms. The summed E-state index contributed by atoms with van der Waals surface area (Å²) in [6.45, 7) is 0. The van der Waals surface area contributed by atoms with E-state index >= 15 is 0 Å². The predicted octanol–water partition coefficient (Wildman–Crippen LogP) is 3.40. The molecule has 8 heteroatoms. The molecule has 0 radical (unpaired) electrons. The predicted molar refractivity (Wildman–Crippen MR) is 66.4 cm³/mol. The molecule has 4 nitrogen and oxygen atoms in total. The van der Waals surface area contributed by atoms with Crippen molar-refractivity contribution >= 4 is 23.2 Å².